The minimum atomic E-state index is 0.0461. The van der Waals surface area contributed by atoms with Gasteiger partial charge in [-0.2, -0.15) is 0 Å². The summed E-state index contributed by atoms with van der Waals surface area (Å²) in [6, 6.07) is 12.0. The summed E-state index contributed by atoms with van der Waals surface area (Å²) in [7, 11) is 0. The second-order valence-electron chi connectivity index (χ2n) is 5.04. The SMILES string of the molecule is O=C(Cc1ccc2cc[nH]c2c1)NCCc1cccnc1. The molecule has 21 heavy (non-hydrogen) atoms. The van der Waals surface area contributed by atoms with Gasteiger partial charge in [0.05, 0.1) is 6.42 Å². The van der Waals surface area contributed by atoms with Crippen LogP contribution in [0.15, 0.2) is 55.0 Å². The molecule has 0 bridgehead atoms. The molecule has 2 heterocycles. The summed E-state index contributed by atoms with van der Waals surface area (Å²) in [6.45, 7) is 0.634. The zero-order chi connectivity index (χ0) is 14.5. The van der Waals surface area contributed by atoms with E-state index in [1.807, 2.05) is 48.8 Å². The summed E-state index contributed by atoms with van der Waals surface area (Å²) in [4.78, 5) is 19.2. The second-order valence-corrected chi connectivity index (χ2v) is 5.04. The van der Waals surface area contributed by atoms with E-state index in [1.54, 1.807) is 6.20 Å². The van der Waals surface area contributed by atoms with E-state index >= 15 is 0 Å². The van der Waals surface area contributed by atoms with Gasteiger partial charge < -0.3 is 10.3 Å². The van der Waals surface area contributed by atoms with Crippen LogP contribution in [0.3, 0.4) is 0 Å². The Balaban J connectivity index is 1.51. The fraction of sp³-hybridized carbons (Fsp3) is 0.176. The van der Waals surface area contributed by atoms with E-state index in [0.29, 0.717) is 13.0 Å². The number of aromatic amines is 1. The van der Waals surface area contributed by atoms with E-state index in [9.17, 15) is 4.79 Å². The van der Waals surface area contributed by atoms with Crippen molar-refractivity contribution in [3.8, 4) is 0 Å². The van der Waals surface area contributed by atoms with Crippen molar-refractivity contribution < 1.29 is 4.79 Å². The molecular formula is C17H17N3O. The molecule has 0 atom stereocenters. The number of amides is 1. The monoisotopic (exact) mass is 279 g/mol. The summed E-state index contributed by atoms with van der Waals surface area (Å²) in [5.74, 6) is 0.0461. The molecular weight excluding hydrogens is 262 g/mol. The molecule has 4 heteroatoms. The molecule has 0 unspecified atom stereocenters. The van der Waals surface area contributed by atoms with Gasteiger partial charge in [-0.25, -0.2) is 0 Å². The second kappa shape index (κ2) is 6.22. The number of hydrogen-bond acceptors (Lipinski definition) is 2. The number of fused-ring (bicyclic) bond motifs is 1. The average molecular weight is 279 g/mol. The van der Waals surface area contributed by atoms with Crippen LogP contribution in [0.25, 0.3) is 10.9 Å². The highest BCUT2D eigenvalue weighted by Gasteiger charge is 2.04. The van der Waals surface area contributed by atoms with Crippen molar-refractivity contribution in [3.63, 3.8) is 0 Å². The predicted octanol–water partition coefficient (Wildman–Crippen LogP) is 2.46. The molecule has 0 aliphatic heterocycles. The summed E-state index contributed by atoms with van der Waals surface area (Å²) >= 11 is 0. The number of carbonyl (C=O) groups excluding carboxylic acids is 1. The molecule has 0 aliphatic carbocycles. The Hall–Kier alpha value is -2.62. The summed E-state index contributed by atoms with van der Waals surface area (Å²) < 4.78 is 0. The topological polar surface area (TPSA) is 57.8 Å². The molecule has 0 radical (unpaired) electrons. The highest BCUT2D eigenvalue weighted by Crippen LogP contribution is 2.14. The van der Waals surface area contributed by atoms with Gasteiger partial charge in [0, 0.05) is 30.7 Å². The number of rotatable bonds is 5. The molecule has 106 valence electrons. The number of benzene rings is 1. The molecule has 3 aromatic rings. The van der Waals surface area contributed by atoms with E-state index in [0.717, 1.165) is 28.5 Å². The molecule has 3 rings (SSSR count). The van der Waals surface area contributed by atoms with E-state index < -0.39 is 0 Å². The Labute approximate surface area is 123 Å². The molecule has 0 saturated heterocycles. The fourth-order valence-electron chi connectivity index (χ4n) is 2.35. The Morgan fingerprint density at radius 3 is 3.00 bits per heavy atom. The third-order valence-electron chi connectivity index (χ3n) is 3.44. The molecule has 0 fully saturated rings. The van der Waals surface area contributed by atoms with Gasteiger partial charge in [-0.3, -0.25) is 9.78 Å². The number of hydrogen-bond donors (Lipinski definition) is 2. The van der Waals surface area contributed by atoms with Gasteiger partial charge >= 0.3 is 0 Å². The first-order valence-corrected chi connectivity index (χ1v) is 7.03. The van der Waals surface area contributed by atoms with Crippen LogP contribution < -0.4 is 5.32 Å². The van der Waals surface area contributed by atoms with Crippen molar-refractivity contribution in [2.45, 2.75) is 12.8 Å². The van der Waals surface area contributed by atoms with Crippen LogP contribution in [0.2, 0.25) is 0 Å². The van der Waals surface area contributed by atoms with Crippen LogP contribution in [-0.2, 0) is 17.6 Å². The van der Waals surface area contributed by atoms with Crippen LogP contribution in [0, 0.1) is 0 Å². The minimum Gasteiger partial charge on any atom is -0.361 e. The standard InChI is InChI=1S/C17H17N3O/c21-17(20-8-5-13-2-1-7-18-12-13)11-14-3-4-15-6-9-19-16(15)10-14/h1-4,6-7,9-10,12,19H,5,8,11H2,(H,20,21). The summed E-state index contributed by atoms with van der Waals surface area (Å²) in [5, 5.41) is 4.11. The van der Waals surface area contributed by atoms with E-state index in [2.05, 4.69) is 15.3 Å². The maximum absolute atomic E-state index is 11.9. The van der Waals surface area contributed by atoms with Crippen molar-refractivity contribution in [3.05, 3.63) is 66.1 Å². The third kappa shape index (κ3) is 3.48. The largest absolute Gasteiger partial charge is 0.361 e. The van der Waals surface area contributed by atoms with Gasteiger partial charge in [0.15, 0.2) is 0 Å². The molecule has 2 aromatic heterocycles. The number of pyridine rings is 1. The lowest BCUT2D eigenvalue weighted by atomic mass is 10.1. The van der Waals surface area contributed by atoms with Gasteiger partial charge in [-0.15, -0.1) is 0 Å². The van der Waals surface area contributed by atoms with Crippen molar-refractivity contribution in [1.82, 2.24) is 15.3 Å². The minimum absolute atomic E-state index is 0.0461. The van der Waals surface area contributed by atoms with E-state index in [-0.39, 0.29) is 5.91 Å². The summed E-state index contributed by atoms with van der Waals surface area (Å²) in [5.41, 5.74) is 3.21. The van der Waals surface area contributed by atoms with Gasteiger partial charge in [0.2, 0.25) is 5.91 Å². The van der Waals surface area contributed by atoms with E-state index in [4.69, 9.17) is 0 Å². The summed E-state index contributed by atoms with van der Waals surface area (Å²) in [6.07, 6.45) is 6.68. The van der Waals surface area contributed by atoms with Crippen molar-refractivity contribution in [2.24, 2.45) is 0 Å². The maximum atomic E-state index is 11.9. The van der Waals surface area contributed by atoms with Gasteiger partial charge in [0.1, 0.15) is 0 Å². The van der Waals surface area contributed by atoms with Crippen molar-refractivity contribution in [2.75, 3.05) is 6.54 Å². The number of nitrogens with zero attached hydrogens (tertiary/aromatic N) is 1. The first kappa shape index (κ1) is 13.4. The zero-order valence-corrected chi connectivity index (χ0v) is 11.7. The van der Waals surface area contributed by atoms with Crippen LogP contribution in [-0.4, -0.2) is 22.4 Å². The fourth-order valence-corrected chi connectivity index (χ4v) is 2.35. The number of carbonyl (C=O) groups is 1. The smallest absolute Gasteiger partial charge is 0.224 e. The van der Waals surface area contributed by atoms with Gasteiger partial charge in [-0.1, -0.05) is 18.2 Å². The first-order valence-electron chi connectivity index (χ1n) is 7.03. The normalized spacial score (nSPS) is 10.7. The highest BCUT2D eigenvalue weighted by molar-refractivity contribution is 5.83. The lowest BCUT2D eigenvalue weighted by Crippen LogP contribution is -2.27. The van der Waals surface area contributed by atoms with Crippen molar-refractivity contribution in [1.29, 1.82) is 0 Å². The lowest BCUT2D eigenvalue weighted by molar-refractivity contribution is -0.120. The third-order valence-corrected chi connectivity index (χ3v) is 3.44. The lowest BCUT2D eigenvalue weighted by Gasteiger charge is -2.05. The quantitative estimate of drug-likeness (QED) is 0.753. The van der Waals surface area contributed by atoms with Crippen LogP contribution >= 0.6 is 0 Å². The Morgan fingerprint density at radius 1 is 1.19 bits per heavy atom. The van der Waals surface area contributed by atoms with Gasteiger partial charge in [-0.05, 0) is 41.1 Å². The Kier molecular flexibility index (Phi) is 3.96. The number of aromatic nitrogens is 2. The molecule has 2 N–H and O–H groups in total. The number of H-pyrrole nitrogens is 1. The van der Waals surface area contributed by atoms with Crippen molar-refractivity contribution >= 4 is 16.8 Å². The van der Waals surface area contributed by atoms with E-state index in [1.165, 1.54) is 0 Å². The van der Waals surface area contributed by atoms with Crippen LogP contribution in [0.1, 0.15) is 11.1 Å². The zero-order valence-electron chi connectivity index (χ0n) is 11.7. The number of nitrogens with one attached hydrogen (secondary N) is 2. The Morgan fingerprint density at radius 2 is 2.14 bits per heavy atom. The predicted molar refractivity (Wildman–Crippen MR) is 83.0 cm³/mol. The van der Waals surface area contributed by atoms with Crippen LogP contribution in [0.5, 0.6) is 0 Å². The molecule has 4 nitrogen and oxygen atoms in total. The molecule has 1 aromatic carbocycles. The molecule has 0 saturated carbocycles. The average Bonchev–Trinajstić information content (AvgIpc) is 2.96. The first-order chi connectivity index (χ1) is 10.3. The highest BCUT2D eigenvalue weighted by atomic mass is 16.1. The Bertz CT molecular complexity index is 734. The maximum Gasteiger partial charge on any atom is 0.224 e. The molecule has 1 amide bonds. The molecule has 0 aliphatic rings. The molecule has 0 spiro atoms. The van der Waals surface area contributed by atoms with Gasteiger partial charge in [0.25, 0.3) is 0 Å². The van der Waals surface area contributed by atoms with Crippen LogP contribution in [0.4, 0.5) is 0 Å².